The summed E-state index contributed by atoms with van der Waals surface area (Å²) in [6.45, 7) is 5.13. The molecule has 0 aliphatic rings. The first-order valence-corrected chi connectivity index (χ1v) is 9.17. The van der Waals surface area contributed by atoms with Crippen molar-refractivity contribution in [3.05, 3.63) is 54.1 Å². The van der Waals surface area contributed by atoms with E-state index in [1.165, 1.54) is 19.3 Å². The van der Waals surface area contributed by atoms with Crippen molar-refractivity contribution in [2.75, 3.05) is 6.61 Å². The topological polar surface area (TPSA) is 46.5 Å². The molecular weight excluding hydrogens is 312 g/mol. The minimum atomic E-state index is -0.933. The van der Waals surface area contributed by atoms with Crippen molar-refractivity contribution in [1.82, 2.24) is 0 Å². The van der Waals surface area contributed by atoms with Crippen molar-refractivity contribution in [1.29, 1.82) is 0 Å². The summed E-state index contributed by atoms with van der Waals surface area (Å²) in [7, 11) is 0. The monoisotopic (exact) mass is 340 g/mol. The van der Waals surface area contributed by atoms with Crippen LogP contribution in [0.3, 0.4) is 0 Å². The van der Waals surface area contributed by atoms with Crippen LogP contribution in [0.5, 0.6) is 5.75 Å². The van der Waals surface area contributed by atoms with Gasteiger partial charge in [0.15, 0.2) is 0 Å². The summed E-state index contributed by atoms with van der Waals surface area (Å²) in [5, 5.41) is 9.52. The lowest BCUT2D eigenvalue weighted by molar-refractivity contribution is 0.0697. The van der Waals surface area contributed by atoms with E-state index in [1.54, 1.807) is 6.07 Å². The largest absolute Gasteiger partial charge is 0.494 e. The molecular formula is C22H28O3. The third-order valence-corrected chi connectivity index (χ3v) is 4.47. The Hall–Kier alpha value is -2.29. The number of carboxylic acids is 1. The van der Waals surface area contributed by atoms with E-state index in [1.807, 2.05) is 42.5 Å². The number of benzene rings is 2. The van der Waals surface area contributed by atoms with Crippen LogP contribution in [0.4, 0.5) is 0 Å². The highest BCUT2D eigenvalue weighted by Crippen LogP contribution is 2.27. The van der Waals surface area contributed by atoms with Crippen LogP contribution in [0, 0.1) is 5.92 Å². The number of rotatable bonds is 10. The third-order valence-electron chi connectivity index (χ3n) is 4.47. The van der Waals surface area contributed by atoms with Gasteiger partial charge in [0.2, 0.25) is 0 Å². The molecule has 0 unspecified atom stereocenters. The van der Waals surface area contributed by atoms with E-state index in [4.69, 9.17) is 4.74 Å². The van der Waals surface area contributed by atoms with E-state index in [0.29, 0.717) is 17.9 Å². The van der Waals surface area contributed by atoms with Crippen LogP contribution in [0.1, 0.15) is 56.3 Å². The van der Waals surface area contributed by atoms with Crippen molar-refractivity contribution < 1.29 is 14.6 Å². The zero-order valence-corrected chi connectivity index (χ0v) is 15.2. The summed E-state index contributed by atoms with van der Waals surface area (Å²) in [5.74, 6) is 0.411. The van der Waals surface area contributed by atoms with E-state index in [0.717, 1.165) is 24.3 Å². The summed E-state index contributed by atoms with van der Waals surface area (Å²) < 4.78 is 5.78. The Morgan fingerprint density at radius 3 is 2.48 bits per heavy atom. The van der Waals surface area contributed by atoms with Crippen molar-refractivity contribution in [3.63, 3.8) is 0 Å². The molecule has 134 valence electrons. The molecule has 2 aromatic carbocycles. The van der Waals surface area contributed by atoms with E-state index < -0.39 is 5.97 Å². The third kappa shape index (κ3) is 5.93. The number of hydrogen-bond donors (Lipinski definition) is 1. The molecule has 0 bridgehead atoms. The van der Waals surface area contributed by atoms with Gasteiger partial charge in [0.05, 0.1) is 12.2 Å². The second kappa shape index (κ2) is 9.87. The van der Waals surface area contributed by atoms with Crippen molar-refractivity contribution in [3.8, 4) is 16.9 Å². The highest BCUT2D eigenvalue weighted by atomic mass is 16.5. The van der Waals surface area contributed by atoms with E-state index >= 15 is 0 Å². The lowest BCUT2D eigenvalue weighted by atomic mass is 9.99. The van der Waals surface area contributed by atoms with Gasteiger partial charge in [0.25, 0.3) is 0 Å². The Kier molecular flexibility index (Phi) is 7.52. The molecule has 0 saturated heterocycles. The van der Waals surface area contributed by atoms with E-state index in [2.05, 4.69) is 13.8 Å². The molecule has 3 heteroatoms. The molecule has 3 nitrogen and oxygen atoms in total. The van der Waals surface area contributed by atoms with Gasteiger partial charge in [-0.1, -0.05) is 63.4 Å². The van der Waals surface area contributed by atoms with E-state index in [-0.39, 0.29) is 5.56 Å². The van der Waals surface area contributed by atoms with Crippen LogP contribution in [-0.2, 0) is 0 Å². The molecule has 0 radical (unpaired) electrons. The van der Waals surface area contributed by atoms with Crippen LogP contribution in [-0.4, -0.2) is 17.7 Å². The maximum Gasteiger partial charge on any atom is 0.336 e. The van der Waals surface area contributed by atoms with Gasteiger partial charge in [0.1, 0.15) is 5.75 Å². The highest BCUT2D eigenvalue weighted by Gasteiger charge is 2.13. The van der Waals surface area contributed by atoms with Gasteiger partial charge in [-0.3, -0.25) is 0 Å². The quantitative estimate of drug-likeness (QED) is 0.537. The zero-order valence-electron chi connectivity index (χ0n) is 15.2. The fourth-order valence-corrected chi connectivity index (χ4v) is 2.98. The van der Waals surface area contributed by atoms with Crippen molar-refractivity contribution >= 4 is 5.97 Å². The van der Waals surface area contributed by atoms with Crippen LogP contribution in [0.25, 0.3) is 11.1 Å². The summed E-state index contributed by atoms with van der Waals surface area (Å²) in [6.07, 6.45) is 5.94. The first-order valence-electron chi connectivity index (χ1n) is 9.17. The Morgan fingerprint density at radius 1 is 1.08 bits per heavy atom. The minimum absolute atomic E-state index is 0.278. The lowest BCUT2D eigenvalue weighted by Gasteiger charge is -2.13. The van der Waals surface area contributed by atoms with Gasteiger partial charge in [-0.2, -0.15) is 0 Å². The maximum atomic E-state index is 11.6. The Bertz CT molecular complexity index is 664. The van der Waals surface area contributed by atoms with Gasteiger partial charge < -0.3 is 9.84 Å². The smallest absolute Gasteiger partial charge is 0.336 e. The number of ether oxygens (including phenoxy) is 1. The molecule has 2 aromatic rings. The second-order valence-corrected chi connectivity index (χ2v) is 6.62. The highest BCUT2D eigenvalue weighted by molar-refractivity contribution is 5.96. The number of carboxylic acid groups (broad SMARTS) is 1. The van der Waals surface area contributed by atoms with Crippen LogP contribution in [0.15, 0.2) is 48.5 Å². The SMILES string of the molecule is CCCC[C@H](C)CCCOc1ccc(-c2ccccc2)c(C(=O)O)c1. The van der Waals surface area contributed by atoms with Crippen molar-refractivity contribution in [2.45, 2.75) is 46.0 Å². The van der Waals surface area contributed by atoms with E-state index in [9.17, 15) is 9.90 Å². The maximum absolute atomic E-state index is 11.6. The van der Waals surface area contributed by atoms with Gasteiger partial charge in [0, 0.05) is 0 Å². The summed E-state index contributed by atoms with van der Waals surface area (Å²) >= 11 is 0. The molecule has 0 aliphatic carbocycles. The molecule has 0 heterocycles. The molecule has 0 aromatic heterocycles. The van der Waals surface area contributed by atoms with Gasteiger partial charge >= 0.3 is 5.97 Å². The van der Waals surface area contributed by atoms with Crippen LogP contribution in [0.2, 0.25) is 0 Å². The number of carbonyl (C=O) groups is 1. The summed E-state index contributed by atoms with van der Waals surface area (Å²) in [6, 6.07) is 14.9. The number of aromatic carboxylic acids is 1. The Morgan fingerprint density at radius 2 is 1.80 bits per heavy atom. The van der Waals surface area contributed by atoms with Gasteiger partial charge in [-0.05, 0) is 48.1 Å². The molecule has 1 N–H and O–H groups in total. The molecule has 0 amide bonds. The van der Waals surface area contributed by atoms with Crippen LogP contribution >= 0.6 is 0 Å². The molecule has 0 aliphatic heterocycles. The minimum Gasteiger partial charge on any atom is -0.494 e. The van der Waals surface area contributed by atoms with Crippen molar-refractivity contribution in [2.24, 2.45) is 5.92 Å². The summed E-state index contributed by atoms with van der Waals surface area (Å²) in [5.41, 5.74) is 1.89. The molecule has 2 rings (SSSR count). The Labute approximate surface area is 150 Å². The van der Waals surface area contributed by atoms with Gasteiger partial charge in [-0.15, -0.1) is 0 Å². The molecule has 0 fully saturated rings. The fourth-order valence-electron chi connectivity index (χ4n) is 2.98. The molecule has 0 spiro atoms. The Balaban J connectivity index is 1.96. The predicted octanol–water partition coefficient (Wildman–Crippen LogP) is 6.04. The number of hydrogen-bond acceptors (Lipinski definition) is 2. The number of unbranched alkanes of at least 4 members (excludes halogenated alkanes) is 1. The predicted molar refractivity (Wildman–Crippen MR) is 102 cm³/mol. The average Bonchev–Trinajstić information content (AvgIpc) is 2.64. The molecule has 1 atom stereocenters. The van der Waals surface area contributed by atoms with Crippen LogP contribution < -0.4 is 4.74 Å². The fraction of sp³-hybridized carbons (Fsp3) is 0.409. The molecule has 25 heavy (non-hydrogen) atoms. The zero-order chi connectivity index (χ0) is 18.1. The first-order chi connectivity index (χ1) is 12.1. The standard InChI is InChI=1S/C22H28O3/c1-3-4-9-17(2)10-8-15-25-19-13-14-20(21(16-19)22(23)24)18-11-6-5-7-12-18/h5-7,11-14,16-17H,3-4,8-10,15H2,1-2H3,(H,23,24)/t17-/m0/s1. The molecule has 0 saturated carbocycles. The normalized spacial score (nSPS) is 11.9. The summed E-state index contributed by atoms with van der Waals surface area (Å²) in [4.78, 5) is 11.6. The lowest BCUT2D eigenvalue weighted by Crippen LogP contribution is -2.04. The second-order valence-electron chi connectivity index (χ2n) is 6.62. The van der Waals surface area contributed by atoms with Gasteiger partial charge in [-0.25, -0.2) is 4.79 Å². The first kappa shape index (κ1) is 19.0. The average molecular weight is 340 g/mol.